The van der Waals surface area contributed by atoms with Crippen LogP contribution in [0.4, 0.5) is 0 Å². The lowest BCUT2D eigenvalue weighted by atomic mass is 9.83. The Morgan fingerprint density at radius 2 is 1.87 bits per heavy atom. The molecule has 3 aromatic carbocycles. The van der Waals surface area contributed by atoms with Crippen LogP contribution in [0, 0.1) is 0 Å². The Balaban J connectivity index is 1.49. The molecule has 8 heteroatoms. The molecular weight excluding hydrogens is 500 g/mol. The highest BCUT2D eigenvalue weighted by atomic mass is 32.1. The number of benzene rings is 3. The topological polar surface area (TPSA) is 71.3 Å². The normalized spacial score (nSPS) is 17.4. The summed E-state index contributed by atoms with van der Waals surface area (Å²) in [6.45, 7) is 0.205. The Morgan fingerprint density at radius 1 is 1.00 bits per heavy atom. The second-order valence-corrected chi connectivity index (χ2v) is 10.3. The van der Waals surface area contributed by atoms with Gasteiger partial charge in [-0.25, -0.2) is 4.99 Å². The van der Waals surface area contributed by atoms with E-state index in [4.69, 9.17) is 23.9 Å². The molecule has 38 heavy (non-hydrogen) atoms. The number of allylic oxidation sites excluding steroid dienone is 1. The minimum Gasteiger partial charge on any atom is -0.493 e. The van der Waals surface area contributed by atoms with Crippen LogP contribution in [0.2, 0.25) is 0 Å². The highest BCUT2D eigenvalue weighted by molar-refractivity contribution is 7.07. The Labute approximate surface area is 222 Å². The van der Waals surface area contributed by atoms with Crippen molar-refractivity contribution in [3.05, 3.63) is 108 Å². The van der Waals surface area contributed by atoms with E-state index in [2.05, 4.69) is 18.2 Å². The summed E-state index contributed by atoms with van der Waals surface area (Å²) in [5.41, 5.74) is 6.09. The Kier molecular flexibility index (Phi) is 5.37. The third-order valence-electron chi connectivity index (χ3n) is 7.30. The van der Waals surface area contributed by atoms with Crippen molar-refractivity contribution in [2.24, 2.45) is 4.99 Å². The lowest BCUT2D eigenvalue weighted by Crippen LogP contribution is -2.39. The van der Waals surface area contributed by atoms with E-state index in [1.807, 2.05) is 53.1 Å². The van der Waals surface area contributed by atoms with E-state index in [0.717, 1.165) is 40.8 Å². The van der Waals surface area contributed by atoms with Crippen LogP contribution >= 0.6 is 11.3 Å². The summed E-state index contributed by atoms with van der Waals surface area (Å²) in [6, 6.07) is 19.5. The van der Waals surface area contributed by atoms with Gasteiger partial charge >= 0.3 is 0 Å². The molecular formula is C30H24N2O5S. The molecule has 0 bridgehead atoms. The largest absolute Gasteiger partial charge is 0.493 e. The number of rotatable bonds is 4. The average Bonchev–Trinajstić information content (AvgIpc) is 3.55. The second kappa shape index (κ2) is 8.92. The van der Waals surface area contributed by atoms with Crippen LogP contribution in [0.1, 0.15) is 34.7 Å². The zero-order valence-corrected chi connectivity index (χ0v) is 21.7. The predicted octanol–water partition coefficient (Wildman–Crippen LogP) is 4.06. The molecule has 1 aromatic heterocycles. The summed E-state index contributed by atoms with van der Waals surface area (Å²) in [5, 5.41) is 0. The number of methoxy groups -OCH3 is 2. The van der Waals surface area contributed by atoms with Gasteiger partial charge in [-0.3, -0.25) is 9.36 Å². The summed E-state index contributed by atoms with van der Waals surface area (Å²) in [6.07, 6.45) is 3.57. The molecule has 0 unspecified atom stereocenters. The molecule has 2 aliphatic heterocycles. The standard InChI is InChI=1S/C30H24N2O5S/c1-34-23-9-5-8-21(28(23)35-2)27-20-12-11-18-6-3-4-7-19(18)26(20)31-30-32(27)29(33)25(38-30)15-17-10-13-22-24(14-17)37-16-36-22/h3-10,13-15,27H,11-12,16H2,1-2H3/b25-15+/t27-/m0/s1. The highest BCUT2D eigenvalue weighted by Crippen LogP contribution is 2.45. The van der Waals surface area contributed by atoms with Crippen LogP contribution in [0.5, 0.6) is 23.0 Å². The quantitative estimate of drug-likeness (QED) is 0.403. The SMILES string of the molecule is COc1cccc([C@@H]2C3=C(N=c4s/c(=C/c5ccc6c(c5)OCO6)c(=O)n42)c2ccccc2CC3)c1OC. The van der Waals surface area contributed by atoms with Gasteiger partial charge in [0.1, 0.15) is 0 Å². The van der Waals surface area contributed by atoms with E-state index in [1.165, 1.54) is 16.9 Å². The van der Waals surface area contributed by atoms with Gasteiger partial charge in [-0.15, -0.1) is 0 Å². The van der Waals surface area contributed by atoms with Crippen molar-refractivity contribution in [3.63, 3.8) is 0 Å². The maximum absolute atomic E-state index is 14.0. The Bertz CT molecular complexity index is 1820. The number of thiazole rings is 1. The monoisotopic (exact) mass is 524 g/mol. The first-order chi connectivity index (χ1) is 18.7. The number of hydrogen-bond donors (Lipinski definition) is 0. The predicted molar refractivity (Wildman–Crippen MR) is 145 cm³/mol. The van der Waals surface area contributed by atoms with E-state index in [1.54, 1.807) is 14.2 Å². The van der Waals surface area contributed by atoms with Crippen LogP contribution in [-0.4, -0.2) is 25.6 Å². The van der Waals surface area contributed by atoms with E-state index in [0.29, 0.717) is 32.3 Å². The molecule has 1 aliphatic carbocycles. The van der Waals surface area contributed by atoms with Gasteiger partial charge in [-0.05, 0) is 53.8 Å². The number of hydrogen-bond acceptors (Lipinski definition) is 7. The summed E-state index contributed by atoms with van der Waals surface area (Å²) in [4.78, 5) is 19.8. The smallest absolute Gasteiger partial charge is 0.271 e. The summed E-state index contributed by atoms with van der Waals surface area (Å²) >= 11 is 1.39. The molecule has 7 nitrogen and oxygen atoms in total. The summed E-state index contributed by atoms with van der Waals surface area (Å²) in [7, 11) is 3.26. The molecule has 0 N–H and O–H groups in total. The van der Waals surface area contributed by atoms with Crippen molar-refractivity contribution in [2.45, 2.75) is 18.9 Å². The molecule has 3 aliphatic rings. The minimum atomic E-state index is -0.362. The van der Waals surface area contributed by atoms with Crippen molar-refractivity contribution in [3.8, 4) is 23.0 Å². The van der Waals surface area contributed by atoms with Crippen molar-refractivity contribution in [2.75, 3.05) is 21.0 Å². The fraction of sp³-hybridized carbons (Fsp3) is 0.200. The van der Waals surface area contributed by atoms with Gasteiger partial charge in [-0.2, -0.15) is 0 Å². The van der Waals surface area contributed by atoms with Gasteiger partial charge in [0.25, 0.3) is 5.56 Å². The Hall–Kier alpha value is -4.30. The zero-order chi connectivity index (χ0) is 25.8. The first-order valence-electron chi connectivity index (χ1n) is 12.4. The summed E-state index contributed by atoms with van der Waals surface area (Å²) < 4.78 is 24.9. The van der Waals surface area contributed by atoms with Gasteiger partial charge in [0, 0.05) is 11.1 Å². The third kappa shape index (κ3) is 3.48. The number of para-hydroxylation sites is 1. The first kappa shape index (κ1) is 22.9. The van der Waals surface area contributed by atoms with Crippen molar-refractivity contribution in [1.82, 2.24) is 4.57 Å². The van der Waals surface area contributed by atoms with E-state index in [-0.39, 0.29) is 18.4 Å². The third-order valence-corrected chi connectivity index (χ3v) is 8.28. The molecule has 0 amide bonds. The first-order valence-corrected chi connectivity index (χ1v) is 13.2. The molecule has 4 aromatic rings. The Morgan fingerprint density at radius 3 is 2.74 bits per heavy atom. The number of nitrogens with zero attached hydrogens (tertiary/aromatic N) is 2. The van der Waals surface area contributed by atoms with Crippen LogP contribution in [-0.2, 0) is 6.42 Å². The molecule has 0 spiro atoms. The van der Waals surface area contributed by atoms with Gasteiger partial charge < -0.3 is 18.9 Å². The lowest BCUT2D eigenvalue weighted by Gasteiger charge is -2.31. The summed E-state index contributed by atoms with van der Waals surface area (Å²) in [5.74, 6) is 2.64. The van der Waals surface area contributed by atoms with Gasteiger partial charge in [0.05, 0.1) is 30.5 Å². The number of ether oxygens (including phenoxy) is 4. The second-order valence-electron chi connectivity index (χ2n) is 9.31. The molecule has 0 fully saturated rings. The van der Waals surface area contributed by atoms with Crippen molar-refractivity contribution < 1.29 is 18.9 Å². The lowest BCUT2D eigenvalue weighted by molar-refractivity contribution is 0.174. The zero-order valence-electron chi connectivity index (χ0n) is 20.9. The van der Waals surface area contributed by atoms with Gasteiger partial charge in [-0.1, -0.05) is 53.8 Å². The number of fused-ring (bicyclic) bond motifs is 4. The molecule has 0 radical (unpaired) electrons. The highest BCUT2D eigenvalue weighted by Gasteiger charge is 2.34. The number of aryl methyl sites for hydroxylation is 1. The average molecular weight is 525 g/mol. The maximum Gasteiger partial charge on any atom is 0.271 e. The van der Waals surface area contributed by atoms with E-state index >= 15 is 0 Å². The minimum absolute atomic E-state index is 0.0910. The molecule has 0 saturated heterocycles. The fourth-order valence-corrected chi connectivity index (χ4v) is 6.58. The molecule has 190 valence electrons. The van der Waals surface area contributed by atoms with Crippen LogP contribution < -0.4 is 33.8 Å². The van der Waals surface area contributed by atoms with Crippen molar-refractivity contribution in [1.29, 1.82) is 0 Å². The van der Waals surface area contributed by atoms with Gasteiger partial charge in [0.2, 0.25) is 6.79 Å². The molecule has 0 saturated carbocycles. The molecule has 7 rings (SSSR count). The van der Waals surface area contributed by atoms with Crippen LogP contribution in [0.15, 0.2) is 76.0 Å². The van der Waals surface area contributed by atoms with Crippen molar-refractivity contribution >= 4 is 23.1 Å². The van der Waals surface area contributed by atoms with Gasteiger partial charge in [0.15, 0.2) is 27.8 Å². The van der Waals surface area contributed by atoms with E-state index < -0.39 is 0 Å². The molecule has 3 heterocycles. The van der Waals surface area contributed by atoms with Crippen LogP contribution in [0.3, 0.4) is 0 Å². The maximum atomic E-state index is 14.0. The fourth-order valence-electron chi connectivity index (χ4n) is 5.58. The van der Waals surface area contributed by atoms with E-state index in [9.17, 15) is 4.79 Å². The van der Waals surface area contributed by atoms with Crippen LogP contribution in [0.25, 0.3) is 11.8 Å². The number of aromatic nitrogens is 1. The molecule has 1 atom stereocenters.